The minimum Gasteiger partial charge on any atom is -0.294 e. The van der Waals surface area contributed by atoms with Crippen LogP contribution >= 0.6 is 0 Å². The topological polar surface area (TPSA) is 17.1 Å². The normalized spacial score (nSPS) is 34.9. The van der Waals surface area contributed by atoms with Gasteiger partial charge < -0.3 is 0 Å². The van der Waals surface area contributed by atoms with Crippen molar-refractivity contribution in [2.75, 3.05) is 0 Å². The molecule has 1 nitrogen and oxygen atoms in total. The first-order chi connectivity index (χ1) is 19.2. The number of ketones is 1. The highest BCUT2D eigenvalue weighted by molar-refractivity contribution is 5.97. The van der Waals surface area contributed by atoms with E-state index in [4.69, 9.17) is 0 Å². The van der Waals surface area contributed by atoms with Crippen LogP contribution in [0.25, 0.3) is 0 Å². The van der Waals surface area contributed by atoms with Crippen molar-refractivity contribution >= 4 is 5.78 Å². The zero-order valence-corrected chi connectivity index (χ0v) is 23.7. The number of carbonyl (C=O) groups excluding carboxylic acids is 1. The van der Waals surface area contributed by atoms with Crippen molar-refractivity contribution in [1.29, 1.82) is 0 Å². The zero-order chi connectivity index (χ0) is 26.6. The fraction of sp³-hybridized carbons (Fsp3) is 0.447. The van der Waals surface area contributed by atoms with Crippen LogP contribution in [0.4, 0.5) is 0 Å². The van der Waals surface area contributed by atoms with Crippen LogP contribution in [0, 0.1) is 17.8 Å². The van der Waals surface area contributed by atoms with Gasteiger partial charge in [-0.3, -0.25) is 4.79 Å². The van der Waals surface area contributed by atoms with Crippen LogP contribution in [0.15, 0.2) is 107 Å². The maximum Gasteiger partial charge on any atom is 0.163 e. The molecule has 2 saturated carbocycles. The third-order valence-corrected chi connectivity index (χ3v) is 10.1. The Morgan fingerprint density at radius 1 is 0.744 bits per heavy atom. The summed E-state index contributed by atoms with van der Waals surface area (Å²) in [5, 5.41) is 0. The molecular formula is C38H44O. The van der Waals surface area contributed by atoms with Crippen molar-refractivity contribution in [3.63, 3.8) is 0 Å². The van der Waals surface area contributed by atoms with Crippen LogP contribution in [-0.2, 0) is 4.79 Å². The van der Waals surface area contributed by atoms with Gasteiger partial charge in [-0.05, 0) is 103 Å². The Hall–Kier alpha value is -2.93. The average Bonchev–Trinajstić information content (AvgIpc) is 3.30. The molecule has 0 bridgehead atoms. The van der Waals surface area contributed by atoms with Crippen LogP contribution in [0.1, 0.15) is 101 Å². The molecule has 5 aliphatic carbocycles. The Morgan fingerprint density at radius 3 is 2.44 bits per heavy atom. The molecule has 0 aliphatic heterocycles. The van der Waals surface area contributed by atoms with Gasteiger partial charge in [0, 0.05) is 0 Å². The Labute approximate surface area is 235 Å². The molecule has 0 heterocycles. The number of hydrogen-bond donors (Lipinski definition) is 0. The predicted molar refractivity (Wildman–Crippen MR) is 164 cm³/mol. The lowest BCUT2D eigenvalue weighted by atomic mass is 9.65. The molecule has 5 aliphatic rings. The Kier molecular flexibility index (Phi) is 8.14. The molecule has 0 N–H and O–H groups in total. The summed E-state index contributed by atoms with van der Waals surface area (Å²) in [4.78, 5) is 13.1. The molecule has 0 spiro atoms. The highest BCUT2D eigenvalue weighted by Crippen LogP contribution is 2.49. The highest BCUT2D eigenvalue weighted by Gasteiger charge is 2.35. The number of hydrogen-bond acceptors (Lipinski definition) is 1. The minimum atomic E-state index is -0.0636. The van der Waals surface area contributed by atoms with Gasteiger partial charge in [-0.25, -0.2) is 0 Å². The second kappa shape index (κ2) is 12.1. The first kappa shape index (κ1) is 26.3. The molecule has 4 unspecified atom stereocenters. The van der Waals surface area contributed by atoms with Gasteiger partial charge in [0.25, 0.3) is 0 Å². The van der Waals surface area contributed by atoms with E-state index in [0.717, 1.165) is 37.5 Å². The van der Waals surface area contributed by atoms with Crippen molar-refractivity contribution in [1.82, 2.24) is 0 Å². The monoisotopic (exact) mass is 516 g/mol. The third kappa shape index (κ3) is 5.98. The lowest BCUT2D eigenvalue weighted by molar-refractivity contribution is -0.117. The Morgan fingerprint density at radius 2 is 1.59 bits per heavy atom. The molecule has 202 valence electrons. The van der Waals surface area contributed by atoms with E-state index in [1.807, 2.05) is 6.08 Å². The van der Waals surface area contributed by atoms with E-state index >= 15 is 0 Å². The summed E-state index contributed by atoms with van der Waals surface area (Å²) in [6.45, 7) is 2.42. The Balaban J connectivity index is 1.16. The first-order valence-corrected chi connectivity index (χ1v) is 15.6. The van der Waals surface area contributed by atoms with Crippen molar-refractivity contribution < 1.29 is 4.79 Å². The highest BCUT2D eigenvalue weighted by atomic mass is 16.1. The van der Waals surface area contributed by atoms with Crippen molar-refractivity contribution in [2.24, 2.45) is 17.8 Å². The summed E-state index contributed by atoms with van der Waals surface area (Å²) in [5.41, 5.74) is 8.43. The summed E-state index contributed by atoms with van der Waals surface area (Å²) < 4.78 is 0. The second-order valence-corrected chi connectivity index (χ2v) is 12.6. The lowest BCUT2D eigenvalue weighted by Gasteiger charge is -2.39. The Bertz CT molecular complexity index is 1270. The molecule has 1 heteroatoms. The molecule has 0 radical (unpaired) electrons. The van der Waals surface area contributed by atoms with E-state index in [2.05, 4.69) is 79.8 Å². The smallest absolute Gasteiger partial charge is 0.163 e. The van der Waals surface area contributed by atoms with E-state index in [9.17, 15) is 4.79 Å². The molecule has 0 saturated heterocycles. The summed E-state index contributed by atoms with van der Waals surface area (Å²) in [7, 11) is 0. The number of benzene rings is 1. The van der Waals surface area contributed by atoms with Gasteiger partial charge in [0.2, 0.25) is 0 Å². The summed E-state index contributed by atoms with van der Waals surface area (Å²) >= 11 is 0. The van der Waals surface area contributed by atoms with Crippen molar-refractivity contribution in [2.45, 2.75) is 89.4 Å². The van der Waals surface area contributed by atoms with Crippen LogP contribution in [0.2, 0.25) is 0 Å². The predicted octanol–water partition coefficient (Wildman–Crippen LogP) is 10.0. The van der Waals surface area contributed by atoms with E-state index in [0.29, 0.717) is 11.8 Å². The molecule has 0 aromatic heterocycles. The first-order valence-electron chi connectivity index (χ1n) is 15.6. The van der Waals surface area contributed by atoms with Gasteiger partial charge in [0.1, 0.15) is 0 Å². The molecule has 6 rings (SSSR count). The average molecular weight is 517 g/mol. The SMILES string of the molecule is CC1CCCC(c2ccc(C3CCC3/C3=C/C/C=C4/C=CC(=O)[C@@H](CC5=CCC=CC=C5)/C4=C\C3)cc2)CC1. The van der Waals surface area contributed by atoms with Gasteiger partial charge in [-0.15, -0.1) is 0 Å². The zero-order valence-electron chi connectivity index (χ0n) is 23.7. The maximum atomic E-state index is 13.1. The minimum absolute atomic E-state index is 0.0636. The van der Waals surface area contributed by atoms with Gasteiger partial charge in [0.15, 0.2) is 5.78 Å². The van der Waals surface area contributed by atoms with E-state index < -0.39 is 0 Å². The maximum absolute atomic E-state index is 13.1. The van der Waals surface area contributed by atoms with E-state index in [1.54, 1.807) is 17.2 Å². The molecule has 1 aromatic carbocycles. The van der Waals surface area contributed by atoms with E-state index in [-0.39, 0.29) is 11.7 Å². The standard InChI is InChI=1S/C38H44O/c1-27-8-6-11-29(15-14-27)30-16-18-33(19-17-30)35-24-23-34(35)31-12-7-13-32-21-25-38(39)37(36(32)22-20-31)26-28-9-4-2-3-5-10-28/h2-4,9-10,12-13,16-19,21-22,25,27,29,34-35,37H,5-8,11,14-15,20,23-24,26H2,1H3/b31-12+,32-13-,36-22-/t27?,29?,34?,35?,37-/m0/s1. The summed E-state index contributed by atoms with van der Waals surface area (Å²) in [6, 6.07) is 9.80. The van der Waals surface area contributed by atoms with Crippen molar-refractivity contribution in [3.8, 4) is 0 Å². The van der Waals surface area contributed by atoms with Crippen LogP contribution in [0.5, 0.6) is 0 Å². The number of rotatable bonds is 5. The molecule has 0 amide bonds. The van der Waals surface area contributed by atoms with Crippen LogP contribution in [-0.4, -0.2) is 5.78 Å². The van der Waals surface area contributed by atoms with Gasteiger partial charge in [0.05, 0.1) is 5.92 Å². The number of allylic oxidation sites excluding steroid dienone is 14. The van der Waals surface area contributed by atoms with Gasteiger partial charge in [-0.2, -0.15) is 0 Å². The molecule has 1 aromatic rings. The number of fused-ring (bicyclic) bond motifs is 1. The second-order valence-electron chi connectivity index (χ2n) is 12.6. The van der Waals surface area contributed by atoms with Gasteiger partial charge >= 0.3 is 0 Å². The van der Waals surface area contributed by atoms with E-state index in [1.165, 1.54) is 67.2 Å². The molecule has 39 heavy (non-hydrogen) atoms. The van der Waals surface area contributed by atoms with Crippen LogP contribution in [0.3, 0.4) is 0 Å². The quantitative estimate of drug-likeness (QED) is 0.281. The molecular weight excluding hydrogens is 472 g/mol. The fourth-order valence-electron chi connectivity index (χ4n) is 7.54. The lowest BCUT2D eigenvalue weighted by Crippen LogP contribution is -2.26. The summed E-state index contributed by atoms with van der Waals surface area (Å²) in [5.74, 6) is 3.10. The summed E-state index contributed by atoms with van der Waals surface area (Å²) in [6.07, 6.45) is 35.0. The third-order valence-electron chi connectivity index (χ3n) is 10.1. The van der Waals surface area contributed by atoms with Gasteiger partial charge in [-0.1, -0.05) is 116 Å². The van der Waals surface area contributed by atoms with Crippen molar-refractivity contribution in [3.05, 3.63) is 118 Å². The largest absolute Gasteiger partial charge is 0.294 e. The van der Waals surface area contributed by atoms with Crippen LogP contribution < -0.4 is 0 Å². The number of carbonyl (C=O) groups is 1. The molecule has 2 fully saturated rings. The molecule has 5 atom stereocenters. The fourth-order valence-corrected chi connectivity index (χ4v) is 7.54.